The van der Waals surface area contributed by atoms with Crippen molar-refractivity contribution in [1.29, 1.82) is 0 Å². The molecule has 1 heterocycles. The molecule has 3 heteroatoms. The summed E-state index contributed by atoms with van der Waals surface area (Å²) in [5, 5.41) is 10.4. The van der Waals surface area contributed by atoms with Crippen molar-refractivity contribution in [3.8, 4) is 0 Å². The molecule has 1 N–H and O–H groups in total. The summed E-state index contributed by atoms with van der Waals surface area (Å²) in [6, 6.07) is 6.36. The maximum Gasteiger partial charge on any atom is 0.0802 e. The number of hydrogen-bond donors (Lipinski definition) is 1. The maximum absolute atomic E-state index is 10.4. The van der Waals surface area contributed by atoms with E-state index in [9.17, 15) is 5.11 Å². The minimum absolute atomic E-state index is 0.341. The van der Waals surface area contributed by atoms with Gasteiger partial charge in [0.15, 0.2) is 0 Å². The third kappa shape index (κ3) is 4.51. The summed E-state index contributed by atoms with van der Waals surface area (Å²) in [5.41, 5.74) is 3.53. The largest absolute Gasteiger partial charge is 0.388 e. The number of hydrogen-bond acceptors (Lipinski definition) is 3. The van der Waals surface area contributed by atoms with E-state index in [4.69, 9.17) is 0 Å². The molecule has 0 aromatic heterocycles. The van der Waals surface area contributed by atoms with Crippen LogP contribution >= 0.6 is 11.8 Å². The second kappa shape index (κ2) is 6.50. The zero-order chi connectivity index (χ0) is 14.8. The Hall–Kier alpha value is -0.510. The number of benzene rings is 1. The molecule has 0 spiro atoms. The third-order valence-electron chi connectivity index (χ3n) is 3.85. The highest BCUT2D eigenvalue weighted by Gasteiger charge is 2.27. The lowest BCUT2D eigenvalue weighted by molar-refractivity contribution is 0.140. The number of aliphatic hydroxyl groups excluding tert-OH is 1. The SMILES string of the molecule is Cc1cc(C)cc(C(O)CCN2CCSC(C)(C)C2)c1. The molecule has 2 rings (SSSR count). The molecule has 1 aromatic carbocycles. The van der Waals surface area contributed by atoms with E-state index in [-0.39, 0.29) is 6.10 Å². The van der Waals surface area contributed by atoms with Crippen LogP contribution in [0.4, 0.5) is 0 Å². The Kier molecular flexibility index (Phi) is 5.16. The Labute approximate surface area is 127 Å². The quantitative estimate of drug-likeness (QED) is 0.918. The summed E-state index contributed by atoms with van der Waals surface area (Å²) >= 11 is 2.05. The number of nitrogens with zero attached hydrogens (tertiary/aromatic N) is 1. The van der Waals surface area contributed by atoms with Crippen LogP contribution in [0.3, 0.4) is 0 Å². The van der Waals surface area contributed by atoms with E-state index >= 15 is 0 Å². The monoisotopic (exact) mass is 293 g/mol. The molecule has 0 saturated carbocycles. The normalized spacial score (nSPS) is 20.9. The minimum Gasteiger partial charge on any atom is -0.388 e. The van der Waals surface area contributed by atoms with Gasteiger partial charge in [-0.3, -0.25) is 0 Å². The van der Waals surface area contributed by atoms with Gasteiger partial charge in [-0.05, 0) is 39.7 Å². The van der Waals surface area contributed by atoms with E-state index in [1.807, 2.05) is 0 Å². The van der Waals surface area contributed by atoms with Crippen LogP contribution in [0.25, 0.3) is 0 Å². The van der Waals surface area contributed by atoms with Gasteiger partial charge in [-0.2, -0.15) is 11.8 Å². The van der Waals surface area contributed by atoms with Crippen LogP contribution in [0.5, 0.6) is 0 Å². The fourth-order valence-corrected chi connectivity index (χ4v) is 4.15. The number of aliphatic hydroxyl groups is 1. The first-order valence-corrected chi connectivity index (χ1v) is 8.47. The van der Waals surface area contributed by atoms with Crippen LogP contribution in [-0.2, 0) is 0 Å². The fourth-order valence-electron chi connectivity index (χ4n) is 2.98. The van der Waals surface area contributed by atoms with Gasteiger partial charge in [0.25, 0.3) is 0 Å². The number of aryl methyl sites for hydroxylation is 2. The van der Waals surface area contributed by atoms with Crippen LogP contribution in [0.1, 0.15) is 43.1 Å². The lowest BCUT2D eigenvalue weighted by Crippen LogP contribution is -2.43. The molecule has 1 atom stereocenters. The highest BCUT2D eigenvalue weighted by Crippen LogP contribution is 2.30. The highest BCUT2D eigenvalue weighted by atomic mass is 32.2. The molecule has 0 aliphatic carbocycles. The molecule has 1 saturated heterocycles. The molecule has 1 aromatic rings. The molecule has 112 valence electrons. The maximum atomic E-state index is 10.4. The van der Waals surface area contributed by atoms with Crippen molar-refractivity contribution in [1.82, 2.24) is 4.90 Å². The van der Waals surface area contributed by atoms with Crippen molar-refractivity contribution in [2.75, 3.05) is 25.4 Å². The van der Waals surface area contributed by atoms with Gasteiger partial charge in [-0.25, -0.2) is 0 Å². The Morgan fingerprint density at radius 3 is 2.50 bits per heavy atom. The standard InChI is InChI=1S/C17H27NOS/c1-13-9-14(2)11-15(10-13)16(19)5-6-18-7-8-20-17(3,4)12-18/h9-11,16,19H,5-8,12H2,1-4H3. The molecule has 2 nitrogen and oxygen atoms in total. The molecule has 0 amide bonds. The summed E-state index contributed by atoms with van der Waals surface area (Å²) in [6.45, 7) is 12.1. The number of thioether (sulfide) groups is 1. The summed E-state index contributed by atoms with van der Waals surface area (Å²) < 4.78 is 0.350. The molecule has 1 fully saturated rings. The first-order chi connectivity index (χ1) is 9.35. The molecule has 0 bridgehead atoms. The Morgan fingerprint density at radius 2 is 1.90 bits per heavy atom. The second-order valence-electron chi connectivity index (χ2n) is 6.61. The van der Waals surface area contributed by atoms with Crippen molar-refractivity contribution >= 4 is 11.8 Å². The van der Waals surface area contributed by atoms with Gasteiger partial charge in [0.2, 0.25) is 0 Å². The summed E-state index contributed by atoms with van der Waals surface area (Å²) in [4.78, 5) is 2.49. The van der Waals surface area contributed by atoms with E-state index in [0.29, 0.717) is 4.75 Å². The van der Waals surface area contributed by atoms with E-state index in [2.05, 4.69) is 62.6 Å². The van der Waals surface area contributed by atoms with Gasteiger partial charge < -0.3 is 10.0 Å². The fraction of sp³-hybridized carbons (Fsp3) is 0.647. The minimum atomic E-state index is -0.341. The molecule has 20 heavy (non-hydrogen) atoms. The third-order valence-corrected chi connectivity index (χ3v) is 5.15. The van der Waals surface area contributed by atoms with Gasteiger partial charge in [0.05, 0.1) is 6.10 Å². The van der Waals surface area contributed by atoms with Crippen molar-refractivity contribution < 1.29 is 5.11 Å². The van der Waals surface area contributed by atoms with Gasteiger partial charge in [0, 0.05) is 30.1 Å². The molecule has 1 aliphatic rings. The highest BCUT2D eigenvalue weighted by molar-refractivity contribution is 8.00. The lowest BCUT2D eigenvalue weighted by atomic mass is 10.0. The molecule has 0 radical (unpaired) electrons. The van der Waals surface area contributed by atoms with Crippen LogP contribution in [-0.4, -0.2) is 40.1 Å². The number of rotatable bonds is 4. The molecular weight excluding hydrogens is 266 g/mol. The summed E-state index contributed by atoms with van der Waals surface area (Å²) in [6.07, 6.45) is 0.482. The molecule has 1 aliphatic heterocycles. The smallest absolute Gasteiger partial charge is 0.0802 e. The lowest BCUT2D eigenvalue weighted by Gasteiger charge is -2.37. The Bertz CT molecular complexity index is 438. The molecule has 1 unspecified atom stereocenters. The van der Waals surface area contributed by atoms with Gasteiger partial charge >= 0.3 is 0 Å². The zero-order valence-corrected chi connectivity index (χ0v) is 14.0. The van der Waals surface area contributed by atoms with E-state index in [1.165, 1.54) is 16.9 Å². The van der Waals surface area contributed by atoms with Crippen molar-refractivity contribution in [3.63, 3.8) is 0 Å². The van der Waals surface area contributed by atoms with E-state index in [1.54, 1.807) is 0 Å². The summed E-state index contributed by atoms with van der Waals surface area (Å²) in [5.74, 6) is 1.20. The second-order valence-corrected chi connectivity index (χ2v) is 8.41. The summed E-state index contributed by atoms with van der Waals surface area (Å²) in [7, 11) is 0. The van der Waals surface area contributed by atoms with Gasteiger partial charge in [0.1, 0.15) is 0 Å². The van der Waals surface area contributed by atoms with Crippen molar-refractivity contribution in [2.45, 2.75) is 45.0 Å². The Morgan fingerprint density at radius 1 is 1.25 bits per heavy atom. The first-order valence-electron chi connectivity index (χ1n) is 7.48. The average Bonchev–Trinajstić information content (AvgIpc) is 2.33. The first kappa shape index (κ1) is 15.9. The van der Waals surface area contributed by atoms with Crippen LogP contribution in [0.2, 0.25) is 0 Å². The van der Waals surface area contributed by atoms with E-state index < -0.39 is 0 Å². The van der Waals surface area contributed by atoms with Crippen molar-refractivity contribution in [2.24, 2.45) is 0 Å². The van der Waals surface area contributed by atoms with Crippen LogP contribution in [0.15, 0.2) is 18.2 Å². The Balaban J connectivity index is 1.90. The van der Waals surface area contributed by atoms with E-state index in [0.717, 1.165) is 31.6 Å². The predicted octanol–water partition coefficient (Wildman–Crippen LogP) is 3.55. The zero-order valence-electron chi connectivity index (χ0n) is 13.1. The van der Waals surface area contributed by atoms with Crippen LogP contribution < -0.4 is 0 Å². The van der Waals surface area contributed by atoms with Crippen molar-refractivity contribution in [3.05, 3.63) is 34.9 Å². The van der Waals surface area contributed by atoms with Crippen LogP contribution in [0, 0.1) is 13.8 Å². The molecular formula is C17H27NOS. The van der Waals surface area contributed by atoms with Gasteiger partial charge in [-0.1, -0.05) is 29.3 Å². The average molecular weight is 293 g/mol. The predicted molar refractivity (Wildman–Crippen MR) is 88.5 cm³/mol. The topological polar surface area (TPSA) is 23.5 Å². The van der Waals surface area contributed by atoms with Gasteiger partial charge in [-0.15, -0.1) is 0 Å².